The van der Waals surface area contributed by atoms with Gasteiger partial charge < -0.3 is 5.32 Å². The lowest BCUT2D eigenvalue weighted by atomic mass is 10.1. The lowest BCUT2D eigenvalue weighted by molar-refractivity contribution is -0.137. The van der Waals surface area contributed by atoms with Crippen LogP contribution < -0.4 is 5.32 Å². The monoisotopic (exact) mass is 412 g/mol. The van der Waals surface area contributed by atoms with Crippen LogP contribution in [0.3, 0.4) is 0 Å². The molecule has 0 atom stereocenters. The molecular formula is C19H19F3N2O3S. The third kappa shape index (κ3) is 5.93. The second-order valence-corrected chi connectivity index (χ2v) is 7.59. The molecule has 2 aromatic carbocycles. The normalized spacial score (nSPS) is 12.5. The third-order valence-electron chi connectivity index (χ3n) is 3.77. The van der Waals surface area contributed by atoms with Crippen molar-refractivity contribution >= 4 is 27.7 Å². The molecule has 9 heteroatoms. The molecule has 2 aromatic rings. The van der Waals surface area contributed by atoms with Crippen molar-refractivity contribution in [3.63, 3.8) is 0 Å². The van der Waals surface area contributed by atoms with E-state index in [1.54, 1.807) is 30.3 Å². The molecule has 0 spiro atoms. The van der Waals surface area contributed by atoms with E-state index in [9.17, 15) is 26.4 Å². The summed E-state index contributed by atoms with van der Waals surface area (Å²) in [7, 11) is -3.93. The highest BCUT2D eigenvalue weighted by Gasteiger charge is 2.33. The van der Waals surface area contributed by atoms with Gasteiger partial charge in [-0.05, 0) is 23.8 Å². The molecule has 28 heavy (non-hydrogen) atoms. The Morgan fingerprint density at radius 2 is 1.68 bits per heavy atom. The van der Waals surface area contributed by atoms with E-state index >= 15 is 0 Å². The Kier molecular flexibility index (Phi) is 6.98. The van der Waals surface area contributed by atoms with Crippen LogP contribution in [0.4, 0.5) is 18.9 Å². The van der Waals surface area contributed by atoms with Crippen LogP contribution in [0, 0.1) is 0 Å². The van der Waals surface area contributed by atoms with Crippen LogP contribution in [0.5, 0.6) is 0 Å². The lowest BCUT2D eigenvalue weighted by Crippen LogP contribution is -2.37. The first-order valence-corrected chi connectivity index (χ1v) is 9.83. The summed E-state index contributed by atoms with van der Waals surface area (Å²) in [6, 6.07) is 13.2. The highest BCUT2D eigenvalue weighted by atomic mass is 32.2. The molecule has 0 heterocycles. The number of anilines is 1. The zero-order valence-corrected chi connectivity index (χ0v) is 15.8. The van der Waals surface area contributed by atoms with E-state index < -0.39 is 39.9 Å². The fraction of sp³-hybridized carbons (Fsp3) is 0.211. The van der Waals surface area contributed by atoms with Gasteiger partial charge in [-0.3, -0.25) is 4.79 Å². The summed E-state index contributed by atoms with van der Waals surface area (Å²) in [5, 5.41) is 3.10. The van der Waals surface area contributed by atoms with Crippen molar-refractivity contribution in [2.75, 3.05) is 18.4 Å². The van der Waals surface area contributed by atoms with Gasteiger partial charge in [0.05, 0.1) is 17.8 Å². The fourth-order valence-electron chi connectivity index (χ4n) is 2.39. The minimum atomic E-state index is -4.64. The number of para-hydroxylation sites is 1. The molecule has 0 aliphatic carbocycles. The molecule has 0 unspecified atom stereocenters. The minimum Gasteiger partial charge on any atom is -0.324 e. The van der Waals surface area contributed by atoms with Crippen LogP contribution in [0.2, 0.25) is 0 Å². The Labute approximate surface area is 161 Å². The summed E-state index contributed by atoms with van der Waals surface area (Å²) in [5.41, 5.74) is -0.766. The maximum absolute atomic E-state index is 13.0. The van der Waals surface area contributed by atoms with Gasteiger partial charge in [0, 0.05) is 12.0 Å². The van der Waals surface area contributed by atoms with Gasteiger partial charge in [0.2, 0.25) is 15.9 Å². The Morgan fingerprint density at radius 1 is 1.07 bits per heavy atom. The molecule has 0 bridgehead atoms. The highest BCUT2D eigenvalue weighted by Crippen LogP contribution is 2.34. The number of rotatable bonds is 7. The summed E-state index contributed by atoms with van der Waals surface area (Å²) in [4.78, 5) is 12.2. The first-order chi connectivity index (χ1) is 13.1. The number of nitrogens with one attached hydrogen (secondary N) is 1. The number of sulfonamides is 1. The van der Waals surface area contributed by atoms with Gasteiger partial charge in [0.25, 0.3) is 0 Å². The zero-order valence-electron chi connectivity index (χ0n) is 15.0. The molecule has 0 aromatic heterocycles. The third-order valence-corrected chi connectivity index (χ3v) is 5.36. The molecule has 0 saturated heterocycles. The van der Waals surface area contributed by atoms with Crippen LogP contribution in [0.15, 0.2) is 60.0 Å². The predicted molar refractivity (Wildman–Crippen MR) is 102 cm³/mol. The number of carbonyl (C=O) groups is 1. The fourth-order valence-corrected chi connectivity index (χ4v) is 3.54. The van der Waals surface area contributed by atoms with Gasteiger partial charge in [0.1, 0.15) is 0 Å². The van der Waals surface area contributed by atoms with Crippen molar-refractivity contribution in [1.82, 2.24) is 4.31 Å². The SMILES string of the molecule is CCN(CC(=O)Nc1ccccc1C(F)(F)F)S(=O)(=O)C=Cc1ccccc1. The summed E-state index contributed by atoms with van der Waals surface area (Å²) in [6.07, 6.45) is -3.26. The number of likely N-dealkylation sites (N-methyl/N-ethyl adjacent to an activating group) is 1. The van der Waals surface area contributed by atoms with E-state index in [2.05, 4.69) is 5.32 Å². The van der Waals surface area contributed by atoms with E-state index in [0.717, 1.165) is 21.8 Å². The predicted octanol–water partition coefficient (Wildman–Crippen LogP) is 3.97. The molecule has 5 nitrogen and oxygen atoms in total. The van der Waals surface area contributed by atoms with Crippen molar-refractivity contribution in [1.29, 1.82) is 0 Å². The summed E-state index contributed by atoms with van der Waals surface area (Å²) < 4.78 is 64.8. The molecule has 0 saturated carbocycles. The van der Waals surface area contributed by atoms with Gasteiger partial charge in [-0.25, -0.2) is 8.42 Å². The number of alkyl halides is 3. The number of nitrogens with zero attached hydrogens (tertiary/aromatic N) is 1. The standard InChI is InChI=1S/C19H19F3N2O3S/c1-2-24(28(26,27)13-12-15-8-4-3-5-9-15)14-18(25)23-17-11-7-6-10-16(17)19(20,21)22/h3-13H,2,14H2,1H3,(H,23,25). The van der Waals surface area contributed by atoms with E-state index in [0.29, 0.717) is 5.56 Å². The zero-order chi connectivity index (χ0) is 20.8. The maximum Gasteiger partial charge on any atom is 0.418 e. The van der Waals surface area contributed by atoms with E-state index in [4.69, 9.17) is 0 Å². The Bertz CT molecular complexity index is 942. The molecule has 1 amide bonds. The van der Waals surface area contributed by atoms with Crippen LogP contribution in [0.25, 0.3) is 6.08 Å². The quantitative estimate of drug-likeness (QED) is 0.749. The molecule has 0 fully saturated rings. The number of hydrogen-bond acceptors (Lipinski definition) is 3. The molecule has 150 valence electrons. The number of benzene rings is 2. The summed E-state index contributed by atoms with van der Waals surface area (Å²) in [6.45, 7) is 0.908. The van der Waals surface area contributed by atoms with Crippen molar-refractivity contribution in [2.45, 2.75) is 13.1 Å². The average Bonchev–Trinajstić information content (AvgIpc) is 2.65. The molecule has 2 rings (SSSR count). The number of carbonyl (C=O) groups excluding carboxylic acids is 1. The van der Waals surface area contributed by atoms with Crippen LogP contribution >= 0.6 is 0 Å². The van der Waals surface area contributed by atoms with Gasteiger partial charge >= 0.3 is 6.18 Å². The Balaban J connectivity index is 2.12. The number of halogens is 3. The molecule has 0 aliphatic heterocycles. The second-order valence-electron chi connectivity index (χ2n) is 5.78. The summed E-state index contributed by atoms with van der Waals surface area (Å²) in [5.74, 6) is -0.866. The van der Waals surface area contributed by atoms with Crippen LogP contribution in [0.1, 0.15) is 18.1 Å². The molecule has 0 aliphatic rings. The highest BCUT2D eigenvalue weighted by molar-refractivity contribution is 7.92. The van der Waals surface area contributed by atoms with Gasteiger partial charge in [-0.2, -0.15) is 17.5 Å². The smallest absolute Gasteiger partial charge is 0.324 e. The molecule has 0 radical (unpaired) electrons. The van der Waals surface area contributed by atoms with Crippen LogP contribution in [-0.4, -0.2) is 31.7 Å². The van der Waals surface area contributed by atoms with Crippen molar-refractivity contribution in [3.05, 3.63) is 71.1 Å². The largest absolute Gasteiger partial charge is 0.418 e. The van der Waals surface area contributed by atoms with Gasteiger partial charge in [-0.1, -0.05) is 49.4 Å². The minimum absolute atomic E-state index is 0.0181. The number of amides is 1. The van der Waals surface area contributed by atoms with Gasteiger partial charge in [0.15, 0.2) is 0 Å². The Hall–Kier alpha value is -2.65. The first kappa shape index (κ1) is 21.6. The van der Waals surface area contributed by atoms with E-state index in [1.807, 2.05) is 0 Å². The van der Waals surface area contributed by atoms with Crippen molar-refractivity contribution < 1.29 is 26.4 Å². The Morgan fingerprint density at radius 3 is 2.29 bits per heavy atom. The molecule has 1 N–H and O–H groups in total. The average molecular weight is 412 g/mol. The van der Waals surface area contributed by atoms with Gasteiger partial charge in [-0.15, -0.1) is 0 Å². The number of hydrogen-bond donors (Lipinski definition) is 1. The van der Waals surface area contributed by atoms with Crippen molar-refractivity contribution in [3.8, 4) is 0 Å². The van der Waals surface area contributed by atoms with Crippen molar-refractivity contribution in [2.24, 2.45) is 0 Å². The van der Waals surface area contributed by atoms with E-state index in [1.165, 1.54) is 25.1 Å². The second kappa shape index (κ2) is 9.03. The lowest BCUT2D eigenvalue weighted by Gasteiger charge is -2.19. The molecular weight excluding hydrogens is 393 g/mol. The summed E-state index contributed by atoms with van der Waals surface area (Å²) >= 11 is 0. The first-order valence-electron chi connectivity index (χ1n) is 8.33. The maximum atomic E-state index is 13.0. The topological polar surface area (TPSA) is 66.5 Å². The van der Waals surface area contributed by atoms with E-state index in [-0.39, 0.29) is 6.54 Å². The van der Waals surface area contributed by atoms with Crippen LogP contribution in [-0.2, 0) is 21.0 Å².